The van der Waals surface area contributed by atoms with Crippen molar-refractivity contribution in [1.29, 1.82) is 0 Å². The molecular weight excluding hydrogens is 542 g/mol. The minimum atomic E-state index is -3.91. The van der Waals surface area contributed by atoms with Crippen LogP contribution < -0.4 is 23.8 Å². The van der Waals surface area contributed by atoms with Crippen molar-refractivity contribution in [3.63, 3.8) is 0 Å². The number of anilines is 3. The Morgan fingerprint density at radius 2 is 1.68 bits per heavy atom. The number of ether oxygens (including phenoxy) is 2. The van der Waals surface area contributed by atoms with Crippen molar-refractivity contribution < 1.29 is 31.1 Å². The van der Waals surface area contributed by atoms with E-state index in [1.807, 2.05) is 0 Å². The smallest absolute Gasteiger partial charge is 0.261 e. The van der Waals surface area contributed by atoms with Gasteiger partial charge in [0.25, 0.3) is 10.0 Å². The van der Waals surface area contributed by atoms with E-state index in [-0.39, 0.29) is 23.1 Å². The van der Waals surface area contributed by atoms with Crippen LogP contribution in [0.15, 0.2) is 65.6 Å². The molecule has 13 heteroatoms. The molecule has 0 saturated carbocycles. The number of hydrogen-bond donors (Lipinski definition) is 2. The number of aryl methyl sites for hydroxylation is 1. The van der Waals surface area contributed by atoms with Crippen LogP contribution in [-0.2, 0) is 24.8 Å². The fourth-order valence-electron chi connectivity index (χ4n) is 3.50. The van der Waals surface area contributed by atoms with E-state index >= 15 is 0 Å². The van der Waals surface area contributed by atoms with Gasteiger partial charge >= 0.3 is 0 Å². The second-order valence-corrected chi connectivity index (χ2v) is 12.4. The molecule has 0 atom stereocenters. The van der Waals surface area contributed by atoms with Crippen LogP contribution in [0, 0.1) is 6.92 Å². The number of benzene rings is 3. The number of sulfonamides is 2. The molecule has 10 nitrogen and oxygen atoms in total. The highest BCUT2D eigenvalue weighted by molar-refractivity contribution is 7.93. The van der Waals surface area contributed by atoms with Gasteiger partial charge in [-0.05, 0) is 67.9 Å². The Balaban J connectivity index is 1.48. The van der Waals surface area contributed by atoms with Crippen molar-refractivity contribution >= 4 is 54.6 Å². The Kier molecular flexibility index (Phi) is 7.53. The molecule has 0 fully saturated rings. The van der Waals surface area contributed by atoms with E-state index in [1.165, 1.54) is 49.4 Å². The minimum Gasteiger partial charge on any atom is -0.454 e. The van der Waals surface area contributed by atoms with Gasteiger partial charge in [0.2, 0.25) is 22.7 Å². The molecule has 1 amide bonds. The maximum atomic E-state index is 12.8. The zero-order chi connectivity index (χ0) is 26.8. The zero-order valence-corrected chi connectivity index (χ0v) is 22.3. The van der Waals surface area contributed by atoms with Gasteiger partial charge in [-0.3, -0.25) is 13.8 Å². The van der Waals surface area contributed by atoms with E-state index in [0.29, 0.717) is 33.5 Å². The Labute approximate surface area is 220 Å². The quantitative estimate of drug-likeness (QED) is 0.401. The van der Waals surface area contributed by atoms with Crippen LogP contribution in [0.4, 0.5) is 17.1 Å². The molecule has 0 saturated heterocycles. The first-order chi connectivity index (χ1) is 17.5. The predicted octanol–water partition coefficient (Wildman–Crippen LogP) is 3.97. The summed E-state index contributed by atoms with van der Waals surface area (Å²) in [5.41, 5.74) is 1.60. The fraction of sp³-hybridized carbons (Fsp3) is 0.208. The number of hydrogen-bond acceptors (Lipinski definition) is 7. The van der Waals surface area contributed by atoms with Crippen LogP contribution in [0.1, 0.15) is 12.5 Å². The van der Waals surface area contributed by atoms with Crippen molar-refractivity contribution in [3.05, 3.63) is 71.2 Å². The molecule has 3 aromatic rings. The molecule has 196 valence electrons. The van der Waals surface area contributed by atoms with Crippen molar-refractivity contribution in [2.45, 2.75) is 18.7 Å². The summed E-state index contributed by atoms with van der Waals surface area (Å²) in [5, 5.41) is 2.99. The average molecular weight is 566 g/mol. The maximum absolute atomic E-state index is 12.8. The highest BCUT2D eigenvalue weighted by atomic mass is 35.5. The third-order valence-electron chi connectivity index (χ3n) is 5.52. The lowest BCUT2D eigenvalue weighted by atomic mass is 10.2. The molecule has 37 heavy (non-hydrogen) atoms. The van der Waals surface area contributed by atoms with Crippen LogP contribution in [-0.4, -0.2) is 41.8 Å². The Bertz CT molecular complexity index is 1540. The molecule has 3 aromatic carbocycles. The number of fused-ring (bicyclic) bond motifs is 1. The van der Waals surface area contributed by atoms with Crippen molar-refractivity contribution in [2.75, 3.05) is 33.4 Å². The number of nitrogens with zero attached hydrogens (tertiary/aromatic N) is 1. The molecule has 1 heterocycles. The van der Waals surface area contributed by atoms with Gasteiger partial charge in [-0.25, -0.2) is 16.8 Å². The second-order valence-electron chi connectivity index (χ2n) is 8.08. The molecule has 4 rings (SSSR count). The number of rotatable bonds is 9. The Morgan fingerprint density at radius 1 is 0.973 bits per heavy atom. The summed E-state index contributed by atoms with van der Waals surface area (Å²) >= 11 is 5.97. The molecule has 0 spiro atoms. The lowest BCUT2D eigenvalue weighted by Crippen LogP contribution is -2.39. The van der Waals surface area contributed by atoms with Crippen LogP contribution in [0.2, 0.25) is 5.02 Å². The number of nitrogens with one attached hydrogen (secondary N) is 2. The number of halogens is 1. The Morgan fingerprint density at radius 3 is 2.38 bits per heavy atom. The van der Waals surface area contributed by atoms with E-state index in [0.717, 1.165) is 4.31 Å². The molecule has 2 N–H and O–H groups in total. The van der Waals surface area contributed by atoms with Gasteiger partial charge in [-0.1, -0.05) is 17.7 Å². The van der Waals surface area contributed by atoms with Gasteiger partial charge < -0.3 is 14.8 Å². The van der Waals surface area contributed by atoms with Gasteiger partial charge in [0.05, 0.1) is 22.0 Å². The SMILES string of the molecule is CCS(=O)(=O)N(CC(=O)Nc1ccc(S(=O)(=O)Nc2cc(Cl)ccc2C)cc1)c1ccc2c(c1)OCO2. The normalized spacial score (nSPS) is 12.7. The van der Waals surface area contributed by atoms with E-state index in [9.17, 15) is 21.6 Å². The van der Waals surface area contributed by atoms with Crippen LogP contribution in [0.25, 0.3) is 0 Å². The molecule has 0 unspecified atom stereocenters. The lowest BCUT2D eigenvalue weighted by Gasteiger charge is -2.23. The third kappa shape index (κ3) is 6.09. The van der Waals surface area contributed by atoms with Crippen LogP contribution >= 0.6 is 11.6 Å². The summed E-state index contributed by atoms with van der Waals surface area (Å²) in [6, 6.07) is 15.0. The summed E-state index contributed by atoms with van der Waals surface area (Å²) in [7, 11) is -7.71. The summed E-state index contributed by atoms with van der Waals surface area (Å²) < 4.78 is 65.1. The highest BCUT2D eigenvalue weighted by Gasteiger charge is 2.26. The summed E-state index contributed by atoms with van der Waals surface area (Å²) in [6.45, 7) is 2.76. The first kappa shape index (κ1) is 26.6. The van der Waals surface area contributed by atoms with Gasteiger partial charge in [-0.2, -0.15) is 0 Å². The number of carbonyl (C=O) groups excluding carboxylic acids is 1. The second kappa shape index (κ2) is 10.5. The third-order valence-corrected chi connectivity index (χ3v) is 8.88. The summed E-state index contributed by atoms with van der Waals surface area (Å²) in [4.78, 5) is 12.7. The molecule has 0 aromatic heterocycles. The summed E-state index contributed by atoms with van der Waals surface area (Å²) in [6.07, 6.45) is 0. The largest absolute Gasteiger partial charge is 0.454 e. The number of amides is 1. The first-order valence-corrected chi connectivity index (χ1v) is 14.5. The van der Waals surface area contributed by atoms with Gasteiger partial charge in [0, 0.05) is 16.8 Å². The zero-order valence-electron chi connectivity index (χ0n) is 19.9. The standard InChI is InChI=1S/C24H24ClN3O7S2/c1-3-36(30,31)28(19-8-11-22-23(13-19)35-15-34-22)14-24(29)26-18-6-9-20(10-7-18)37(32,33)27-21-12-17(25)5-4-16(21)2/h4-13,27H,3,14-15H2,1-2H3,(H,26,29). The number of carbonyl (C=O) groups is 1. The van der Waals surface area contributed by atoms with E-state index < -0.39 is 32.5 Å². The van der Waals surface area contributed by atoms with E-state index in [2.05, 4.69) is 10.0 Å². The van der Waals surface area contributed by atoms with Crippen molar-refractivity contribution in [2.24, 2.45) is 0 Å². The van der Waals surface area contributed by atoms with Crippen LogP contribution in [0.5, 0.6) is 11.5 Å². The van der Waals surface area contributed by atoms with Gasteiger partial charge in [0.15, 0.2) is 11.5 Å². The van der Waals surface area contributed by atoms with Gasteiger partial charge in [-0.15, -0.1) is 0 Å². The molecule has 0 aliphatic carbocycles. The summed E-state index contributed by atoms with van der Waals surface area (Å²) in [5.74, 6) is 0.0306. The molecule has 0 bridgehead atoms. The minimum absolute atomic E-state index is 0.0274. The lowest BCUT2D eigenvalue weighted by molar-refractivity contribution is -0.114. The fourth-order valence-corrected chi connectivity index (χ4v) is 5.86. The van der Waals surface area contributed by atoms with E-state index in [4.69, 9.17) is 21.1 Å². The predicted molar refractivity (Wildman–Crippen MR) is 141 cm³/mol. The maximum Gasteiger partial charge on any atom is 0.261 e. The van der Waals surface area contributed by atoms with E-state index in [1.54, 1.807) is 25.1 Å². The van der Waals surface area contributed by atoms with Gasteiger partial charge in [0.1, 0.15) is 6.54 Å². The molecule has 1 aliphatic heterocycles. The van der Waals surface area contributed by atoms with Crippen molar-refractivity contribution in [1.82, 2.24) is 0 Å². The topological polar surface area (TPSA) is 131 Å². The highest BCUT2D eigenvalue weighted by Crippen LogP contribution is 2.36. The monoisotopic (exact) mass is 565 g/mol. The molecular formula is C24H24ClN3O7S2. The van der Waals surface area contributed by atoms with Crippen molar-refractivity contribution in [3.8, 4) is 11.5 Å². The van der Waals surface area contributed by atoms with Crippen LogP contribution in [0.3, 0.4) is 0 Å². The molecule has 1 aliphatic rings. The first-order valence-electron chi connectivity index (χ1n) is 11.1. The Hall–Kier alpha value is -3.48. The average Bonchev–Trinajstić information content (AvgIpc) is 3.33. The molecule has 0 radical (unpaired) electrons.